The summed E-state index contributed by atoms with van der Waals surface area (Å²) in [6.07, 6.45) is 1.54. The number of ether oxygens (including phenoxy) is 1. The van der Waals surface area contributed by atoms with Crippen molar-refractivity contribution >= 4 is 16.9 Å². The van der Waals surface area contributed by atoms with Crippen LogP contribution >= 0.6 is 0 Å². The van der Waals surface area contributed by atoms with Crippen LogP contribution in [0.25, 0.3) is 11.0 Å². The first-order valence-corrected chi connectivity index (χ1v) is 6.51. The first-order chi connectivity index (χ1) is 9.72. The van der Waals surface area contributed by atoms with Gasteiger partial charge >= 0.3 is 0 Å². The van der Waals surface area contributed by atoms with Crippen molar-refractivity contribution in [1.82, 2.24) is 25.8 Å². The number of nitrogens with one attached hydrogen (secondary N) is 3. The number of hydrogen-bond donors (Lipinski definition) is 3. The Morgan fingerprint density at radius 2 is 2.25 bits per heavy atom. The first kappa shape index (κ1) is 14.4. The van der Waals surface area contributed by atoms with Gasteiger partial charge in [-0.25, -0.2) is 4.98 Å². The molecule has 3 N–H and O–H groups in total. The van der Waals surface area contributed by atoms with Gasteiger partial charge in [-0.1, -0.05) is 0 Å². The van der Waals surface area contributed by atoms with Crippen molar-refractivity contribution in [1.29, 1.82) is 0 Å². The van der Waals surface area contributed by atoms with E-state index in [1.54, 1.807) is 13.2 Å². The van der Waals surface area contributed by atoms with Crippen molar-refractivity contribution < 1.29 is 9.53 Å². The molecule has 0 spiro atoms. The summed E-state index contributed by atoms with van der Waals surface area (Å²) < 4.78 is 4.92. The number of carbonyl (C=O) groups is 1. The zero-order chi connectivity index (χ0) is 14.4. The topological polar surface area (TPSA) is 91.9 Å². The second-order valence-corrected chi connectivity index (χ2v) is 4.44. The van der Waals surface area contributed by atoms with Crippen molar-refractivity contribution in [3.8, 4) is 0 Å². The highest BCUT2D eigenvalue weighted by molar-refractivity contribution is 5.97. The van der Waals surface area contributed by atoms with Crippen molar-refractivity contribution in [2.24, 2.45) is 0 Å². The highest BCUT2D eigenvalue weighted by atomic mass is 16.5. The molecule has 7 heteroatoms. The molecule has 2 aromatic heterocycles. The summed E-state index contributed by atoms with van der Waals surface area (Å²) in [7, 11) is 1.66. The van der Waals surface area contributed by atoms with E-state index in [1.807, 2.05) is 6.92 Å². The zero-order valence-electron chi connectivity index (χ0n) is 11.7. The highest BCUT2D eigenvalue weighted by Gasteiger charge is 2.09. The minimum absolute atomic E-state index is 0.131. The van der Waals surface area contributed by atoms with Crippen molar-refractivity contribution in [3.05, 3.63) is 23.5 Å². The van der Waals surface area contributed by atoms with Crippen LogP contribution in [0.5, 0.6) is 0 Å². The number of aryl methyl sites for hydroxylation is 1. The Morgan fingerprint density at radius 3 is 3.05 bits per heavy atom. The van der Waals surface area contributed by atoms with Gasteiger partial charge in [0.15, 0.2) is 5.65 Å². The zero-order valence-corrected chi connectivity index (χ0v) is 11.7. The van der Waals surface area contributed by atoms with Crippen LogP contribution in [0.4, 0.5) is 0 Å². The summed E-state index contributed by atoms with van der Waals surface area (Å²) in [4.78, 5) is 16.1. The minimum Gasteiger partial charge on any atom is -0.383 e. The molecule has 0 saturated heterocycles. The molecule has 0 aliphatic rings. The van der Waals surface area contributed by atoms with Gasteiger partial charge in [-0.15, -0.1) is 0 Å². The Balaban J connectivity index is 1.86. The van der Waals surface area contributed by atoms with Gasteiger partial charge in [0, 0.05) is 44.0 Å². The number of amides is 1. The summed E-state index contributed by atoms with van der Waals surface area (Å²) in [5.41, 5.74) is 2.07. The fourth-order valence-corrected chi connectivity index (χ4v) is 1.81. The molecule has 0 aliphatic heterocycles. The van der Waals surface area contributed by atoms with Gasteiger partial charge in [-0.3, -0.25) is 9.89 Å². The van der Waals surface area contributed by atoms with E-state index < -0.39 is 0 Å². The maximum absolute atomic E-state index is 12.0. The Labute approximate surface area is 117 Å². The van der Waals surface area contributed by atoms with Crippen LogP contribution in [0.3, 0.4) is 0 Å². The van der Waals surface area contributed by atoms with E-state index in [4.69, 9.17) is 4.74 Å². The Bertz CT molecular complexity index is 581. The lowest BCUT2D eigenvalue weighted by Gasteiger charge is -2.06. The molecule has 0 fully saturated rings. The minimum atomic E-state index is -0.131. The number of H-pyrrole nitrogens is 1. The highest BCUT2D eigenvalue weighted by Crippen LogP contribution is 2.14. The van der Waals surface area contributed by atoms with Crippen LogP contribution in [-0.2, 0) is 4.74 Å². The number of rotatable bonds is 7. The number of pyridine rings is 1. The van der Waals surface area contributed by atoms with Crippen molar-refractivity contribution in [3.63, 3.8) is 0 Å². The van der Waals surface area contributed by atoms with Gasteiger partial charge in [0.2, 0.25) is 0 Å². The van der Waals surface area contributed by atoms with Crippen molar-refractivity contribution in [2.45, 2.75) is 6.92 Å². The van der Waals surface area contributed by atoms with Crippen LogP contribution in [0.2, 0.25) is 0 Å². The lowest BCUT2D eigenvalue weighted by molar-refractivity contribution is 0.0953. The Kier molecular flexibility index (Phi) is 5.03. The number of aromatic nitrogens is 3. The van der Waals surface area contributed by atoms with Gasteiger partial charge < -0.3 is 15.4 Å². The van der Waals surface area contributed by atoms with E-state index in [0.29, 0.717) is 30.9 Å². The van der Waals surface area contributed by atoms with E-state index >= 15 is 0 Å². The molecule has 0 saturated carbocycles. The Morgan fingerprint density at radius 1 is 1.40 bits per heavy atom. The molecule has 0 unspecified atom stereocenters. The molecule has 0 atom stereocenters. The second-order valence-electron chi connectivity index (χ2n) is 4.44. The number of fused-ring (bicyclic) bond motifs is 1. The molecule has 1 amide bonds. The second kappa shape index (κ2) is 6.97. The van der Waals surface area contributed by atoms with Gasteiger partial charge in [-0.05, 0) is 13.0 Å². The molecule has 2 rings (SSSR count). The van der Waals surface area contributed by atoms with E-state index in [-0.39, 0.29) is 5.91 Å². The fraction of sp³-hybridized carbons (Fsp3) is 0.462. The molecule has 7 nitrogen and oxygen atoms in total. The third-order valence-corrected chi connectivity index (χ3v) is 2.93. The first-order valence-electron chi connectivity index (χ1n) is 6.51. The van der Waals surface area contributed by atoms with Crippen molar-refractivity contribution in [2.75, 3.05) is 33.4 Å². The van der Waals surface area contributed by atoms with Crippen LogP contribution in [-0.4, -0.2) is 54.4 Å². The van der Waals surface area contributed by atoms with Gasteiger partial charge in [-0.2, -0.15) is 5.10 Å². The SMILES string of the molecule is COCCNCCNC(=O)c1cnc2n[nH]c(C)c2c1. The largest absolute Gasteiger partial charge is 0.383 e. The van der Waals surface area contributed by atoms with Crippen LogP contribution < -0.4 is 10.6 Å². The quantitative estimate of drug-likeness (QED) is 0.630. The molecular formula is C13H19N5O2. The Hall–Kier alpha value is -1.99. The number of nitrogens with zero attached hydrogens (tertiary/aromatic N) is 2. The molecule has 0 aliphatic carbocycles. The lowest BCUT2D eigenvalue weighted by Crippen LogP contribution is -2.33. The average Bonchev–Trinajstić information content (AvgIpc) is 2.83. The smallest absolute Gasteiger partial charge is 0.252 e. The van der Waals surface area contributed by atoms with E-state index in [2.05, 4.69) is 25.8 Å². The predicted molar refractivity (Wildman–Crippen MR) is 75.7 cm³/mol. The third kappa shape index (κ3) is 3.52. The summed E-state index contributed by atoms with van der Waals surface area (Å²) >= 11 is 0. The van der Waals surface area contributed by atoms with Gasteiger partial charge in [0.05, 0.1) is 12.2 Å². The summed E-state index contributed by atoms with van der Waals surface area (Å²) in [5, 5.41) is 13.7. The van der Waals surface area contributed by atoms with E-state index in [1.165, 1.54) is 6.20 Å². The standard InChI is InChI=1S/C13H19N5O2/c1-9-11-7-10(8-16-12(11)18-17-9)13(19)15-4-3-14-5-6-20-2/h7-8,14H,3-6H2,1-2H3,(H,15,19)(H,16,17,18). The number of aromatic amines is 1. The number of methoxy groups -OCH3 is 1. The predicted octanol–water partition coefficient (Wildman–Crippen LogP) is 0.232. The molecule has 0 aromatic carbocycles. The average molecular weight is 277 g/mol. The number of carbonyl (C=O) groups excluding carboxylic acids is 1. The van der Waals surface area contributed by atoms with Crippen LogP contribution in [0.15, 0.2) is 12.3 Å². The fourth-order valence-electron chi connectivity index (χ4n) is 1.81. The maximum atomic E-state index is 12.0. The summed E-state index contributed by atoms with van der Waals surface area (Å²) in [6, 6.07) is 1.80. The molecule has 0 bridgehead atoms. The third-order valence-electron chi connectivity index (χ3n) is 2.93. The molecule has 20 heavy (non-hydrogen) atoms. The molecular weight excluding hydrogens is 258 g/mol. The summed E-state index contributed by atoms with van der Waals surface area (Å²) in [5.74, 6) is -0.131. The van der Waals surface area contributed by atoms with Gasteiger partial charge in [0.1, 0.15) is 0 Å². The van der Waals surface area contributed by atoms with Crippen LogP contribution in [0.1, 0.15) is 16.1 Å². The van der Waals surface area contributed by atoms with E-state index in [0.717, 1.165) is 17.6 Å². The van der Waals surface area contributed by atoms with Gasteiger partial charge in [0.25, 0.3) is 5.91 Å². The molecule has 2 heterocycles. The lowest BCUT2D eigenvalue weighted by atomic mass is 10.2. The van der Waals surface area contributed by atoms with Crippen LogP contribution in [0, 0.1) is 6.92 Å². The molecule has 108 valence electrons. The number of hydrogen-bond acceptors (Lipinski definition) is 5. The summed E-state index contributed by atoms with van der Waals surface area (Å²) in [6.45, 7) is 4.60. The molecule has 2 aromatic rings. The van der Waals surface area contributed by atoms with E-state index in [9.17, 15) is 4.79 Å². The molecule has 0 radical (unpaired) electrons. The normalized spacial score (nSPS) is 10.9. The maximum Gasteiger partial charge on any atom is 0.252 e. The monoisotopic (exact) mass is 277 g/mol.